The van der Waals surface area contributed by atoms with E-state index in [1.807, 2.05) is 49.4 Å². The van der Waals surface area contributed by atoms with Crippen LogP contribution in [0.15, 0.2) is 66.8 Å². The maximum Gasteiger partial charge on any atom is 0.0326 e. The minimum absolute atomic E-state index is 0.796. The van der Waals surface area contributed by atoms with Crippen molar-refractivity contribution in [3.8, 4) is 11.1 Å². The van der Waals surface area contributed by atoms with Gasteiger partial charge in [0.05, 0.1) is 0 Å². The van der Waals surface area contributed by atoms with Crippen molar-refractivity contribution in [2.24, 2.45) is 0 Å². The molecular formula is C18H19N. The standard InChI is InChI=1S/C18H19N/c1-3-4-8-14(2)16-11-17(13-18(19)12-16)15-9-6-5-7-10-15/h3-13H,19H2,1-2H3/b4-3-,14-8+. The van der Waals surface area contributed by atoms with Gasteiger partial charge in [-0.25, -0.2) is 0 Å². The van der Waals surface area contributed by atoms with Crippen LogP contribution < -0.4 is 5.73 Å². The van der Waals surface area contributed by atoms with E-state index in [0.717, 1.165) is 16.8 Å². The SMILES string of the molecule is C/C=C\C=C(/C)c1cc(N)cc(-c2ccccc2)c1. The van der Waals surface area contributed by atoms with Crippen LogP contribution >= 0.6 is 0 Å². The molecule has 0 atom stereocenters. The van der Waals surface area contributed by atoms with E-state index in [4.69, 9.17) is 5.73 Å². The average molecular weight is 249 g/mol. The molecule has 0 aliphatic carbocycles. The summed E-state index contributed by atoms with van der Waals surface area (Å²) in [6, 6.07) is 16.5. The lowest BCUT2D eigenvalue weighted by Gasteiger charge is -2.08. The summed E-state index contributed by atoms with van der Waals surface area (Å²) in [5.74, 6) is 0. The maximum absolute atomic E-state index is 6.02. The molecular weight excluding hydrogens is 230 g/mol. The first-order valence-electron chi connectivity index (χ1n) is 6.46. The number of nitrogens with two attached hydrogens (primary N) is 1. The Morgan fingerprint density at radius 2 is 1.74 bits per heavy atom. The number of hydrogen-bond donors (Lipinski definition) is 1. The third-order valence-corrected chi connectivity index (χ3v) is 3.06. The summed E-state index contributed by atoms with van der Waals surface area (Å²) in [6.45, 7) is 4.11. The summed E-state index contributed by atoms with van der Waals surface area (Å²) in [6.07, 6.45) is 6.16. The molecule has 1 heteroatoms. The first-order valence-corrected chi connectivity index (χ1v) is 6.46. The summed E-state index contributed by atoms with van der Waals surface area (Å²) >= 11 is 0. The number of rotatable bonds is 3. The van der Waals surface area contributed by atoms with E-state index in [-0.39, 0.29) is 0 Å². The largest absolute Gasteiger partial charge is 0.399 e. The van der Waals surface area contributed by atoms with Crippen molar-refractivity contribution < 1.29 is 0 Å². The van der Waals surface area contributed by atoms with Crippen molar-refractivity contribution in [2.45, 2.75) is 13.8 Å². The van der Waals surface area contributed by atoms with E-state index < -0.39 is 0 Å². The van der Waals surface area contributed by atoms with Crippen LogP contribution in [0.25, 0.3) is 16.7 Å². The van der Waals surface area contributed by atoms with Crippen molar-refractivity contribution in [1.29, 1.82) is 0 Å². The van der Waals surface area contributed by atoms with Crippen molar-refractivity contribution >= 4 is 11.3 Å². The van der Waals surface area contributed by atoms with Crippen LogP contribution in [-0.4, -0.2) is 0 Å². The topological polar surface area (TPSA) is 26.0 Å². The second-order valence-electron chi connectivity index (χ2n) is 4.59. The highest BCUT2D eigenvalue weighted by atomic mass is 14.5. The Hall–Kier alpha value is -2.28. The molecule has 2 N–H and O–H groups in total. The molecule has 2 aromatic carbocycles. The third kappa shape index (κ3) is 3.35. The quantitative estimate of drug-likeness (QED) is 0.606. The van der Waals surface area contributed by atoms with Gasteiger partial charge in [0.15, 0.2) is 0 Å². The molecule has 0 fully saturated rings. The predicted molar refractivity (Wildman–Crippen MR) is 84.8 cm³/mol. The lowest BCUT2D eigenvalue weighted by molar-refractivity contribution is 1.54. The number of hydrogen-bond acceptors (Lipinski definition) is 1. The van der Waals surface area contributed by atoms with Gasteiger partial charge in [-0.1, -0.05) is 48.6 Å². The van der Waals surface area contributed by atoms with Crippen LogP contribution in [0.4, 0.5) is 5.69 Å². The van der Waals surface area contributed by atoms with Gasteiger partial charge >= 0.3 is 0 Å². The molecule has 96 valence electrons. The summed E-state index contributed by atoms with van der Waals surface area (Å²) in [5.41, 5.74) is 11.5. The molecule has 0 saturated carbocycles. The Labute approximate surface area is 115 Å². The van der Waals surface area contributed by atoms with Gasteiger partial charge in [0.1, 0.15) is 0 Å². The molecule has 0 amide bonds. The second-order valence-corrected chi connectivity index (χ2v) is 4.59. The molecule has 0 aliphatic rings. The monoisotopic (exact) mass is 249 g/mol. The Kier molecular flexibility index (Phi) is 4.19. The third-order valence-electron chi connectivity index (χ3n) is 3.06. The fraction of sp³-hybridized carbons (Fsp3) is 0.111. The molecule has 0 unspecified atom stereocenters. The second kappa shape index (κ2) is 6.05. The van der Waals surface area contributed by atoms with Crippen LogP contribution in [0.5, 0.6) is 0 Å². The van der Waals surface area contributed by atoms with Gasteiger partial charge < -0.3 is 5.73 Å². The van der Waals surface area contributed by atoms with Gasteiger partial charge in [-0.3, -0.25) is 0 Å². The molecule has 2 aromatic rings. The Bertz CT molecular complexity index is 607. The smallest absolute Gasteiger partial charge is 0.0326 e. The fourth-order valence-electron chi connectivity index (χ4n) is 2.01. The van der Waals surface area contributed by atoms with E-state index >= 15 is 0 Å². The molecule has 0 radical (unpaired) electrons. The van der Waals surface area contributed by atoms with E-state index in [1.54, 1.807) is 0 Å². The molecule has 1 nitrogen and oxygen atoms in total. The first kappa shape index (κ1) is 13.2. The Morgan fingerprint density at radius 1 is 1.00 bits per heavy atom. The molecule has 0 heterocycles. The minimum Gasteiger partial charge on any atom is -0.399 e. The minimum atomic E-state index is 0.796. The van der Waals surface area contributed by atoms with E-state index in [0.29, 0.717) is 0 Å². The highest BCUT2D eigenvalue weighted by Crippen LogP contribution is 2.26. The zero-order valence-electron chi connectivity index (χ0n) is 11.4. The summed E-state index contributed by atoms with van der Waals surface area (Å²) in [7, 11) is 0. The van der Waals surface area contributed by atoms with E-state index in [2.05, 4.69) is 31.2 Å². The summed E-state index contributed by atoms with van der Waals surface area (Å²) in [4.78, 5) is 0. The zero-order valence-corrected chi connectivity index (χ0v) is 11.4. The molecule has 0 saturated heterocycles. The molecule has 19 heavy (non-hydrogen) atoms. The van der Waals surface area contributed by atoms with Gasteiger partial charge in [-0.15, -0.1) is 0 Å². The van der Waals surface area contributed by atoms with Gasteiger partial charge in [0, 0.05) is 5.69 Å². The van der Waals surface area contributed by atoms with Crippen molar-refractivity contribution in [2.75, 3.05) is 5.73 Å². The zero-order chi connectivity index (χ0) is 13.7. The average Bonchev–Trinajstić information content (AvgIpc) is 2.45. The molecule has 0 aliphatic heterocycles. The highest BCUT2D eigenvalue weighted by Gasteiger charge is 2.02. The van der Waals surface area contributed by atoms with Crippen molar-refractivity contribution in [1.82, 2.24) is 0 Å². The Balaban J connectivity index is 2.46. The number of benzene rings is 2. The maximum atomic E-state index is 6.02. The first-order chi connectivity index (χ1) is 9.20. The number of nitrogen functional groups attached to an aromatic ring is 1. The van der Waals surface area contributed by atoms with Crippen molar-refractivity contribution in [3.05, 3.63) is 72.3 Å². The van der Waals surface area contributed by atoms with Gasteiger partial charge in [-0.2, -0.15) is 0 Å². The van der Waals surface area contributed by atoms with E-state index in [1.165, 1.54) is 11.1 Å². The fourth-order valence-corrected chi connectivity index (χ4v) is 2.01. The number of allylic oxidation sites excluding steroid dienone is 4. The van der Waals surface area contributed by atoms with Gasteiger partial charge in [0.25, 0.3) is 0 Å². The lowest BCUT2D eigenvalue weighted by Crippen LogP contribution is -1.90. The van der Waals surface area contributed by atoms with Gasteiger partial charge in [0.2, 0.25) is 0 Å². The highest BCUT2D eigenvalue weighted by molar-refractivity contribution is 5.76. The van der Waals surface area contributed by atoms with Gasteiger partial charge in [-0.05, 0) is 54.3 Å². The molecule has 0 bridgehead atoms. The predicted octanol–water partition coefficient (Wildman–Crippen LogP) is 4.92. The lowest BCUT2D eigenvalue weighted by atomic mass is 9.98. The van der Waals surface area contributed by atoms with Crippen LogP contribution in [-0.2, 0) is 0 Å². The molecule has 0 aromatic heterocycles. The normalized spacial score (nSPS) is 12.0. The Morgan fingerprint density at radius 3 is 2.42 bits per heavy atom. The molecule has 2 rings (SSSR count). The van der Waals surface area contributed by atoms with Crippen LogP contribution in [0.2, 0.25) is 0 Å². The summed E-state index contributed by atoms with van der Waals surface area (Å²) < 4.78 is 0. The molecule has 0 spiro atoms. The van der Waals surface area contributed by atoms with Crippen molar-refractivity contribution in [3.63, 3.8) is 0 Å². The van der Waals surface area contributed by atoms with Crippen LogP contribution in [0, 0.1) is 0 Å². The van der Waals surface area contributed by atoms with E-state index in [9.17, 15) is 0 Å². The van der Waals surface area contributed by atoms with Crippen LogP contribution in [0.3, 0.4) is 0 Å². The van der Waals surface area contributed by atoms with Crippen LogP contribution in [0.1, 0.15) is 19.4 Å². The number of anilines is 1. The summed E-state index contributed by atoms with van der Waals surface area (Å²) in [5, 5.41) is 0.